The van der Waals surface area contributed by atoms with E-state index in [2.05, 4.69) is 4.99 Å². The van der Waals surface area contributed by atoms with E-state index in [1.165, 1.54) is 18.1 Å². The number of amides is 1. The minimum atomic E-state index is -0.791. The maximum Gasteiger partial charge on any atom is 0.266 e. The van der Waals surface area contributed by atoms with Crippen LogP contribution in [0.5, 0.6) is 5.75 Å². The number of thioether (sulfide) groups is 1. The van der Waals surface area contributed by atoms with Crippen molar-refractivity contribution in [1.82, 2.24) is 4.90 Å². The van der Waals surface area contributed by atoms with Gasteiger partial charge in [0.05, 0.1) is 12.0 Å². The normalized spacial score (nSPS) is 17.2. The quantitative estimate of drug-likeness (QED) is 0.649. The standard InChI is InChI=1S/C19H15ClF2N2O2S/c1-3-24-18(25)17(9-11-8-12(20)4-7-16(11)26-2)27-19(24)23-15-6-5-13(21)10-14(15)22/h4-10H,3H2,1-2H3/b17-9+,23-19?. The van der Waals surface area contributed by atoms with Crippen LogP contribution in [0, 0.1) is 11.6 Å². The summed E-state index contributed by atoms with van der Waals surface area (Å²) in [6, 6.07) is 8.19. The van der Waals surface area contributed by atoms with Crippen molar-refractivity contribution in [2.24, 2.45) is 4.99 Å². The number of ether oxygens (including phenoxy) is 1. The number of carbonyl (C=O) groups excluding carboxylic acids is 1. The third-order valence-corrected chi connectivity index (χ3v) is 5.05. The van der Waals surface area contributed by atoms with Crippen LogP contribution in [0.25, 0.3) is 6.08 Å². The van der Waals surface area contributed by atoms with Crippen LogP contribution in [0.15, 0.2) is 46.3 Å². The molecule has 1 aliphatic heterocycles. The first-order valence-corrected chi connectivity index (χ1v) is 9.21. The molecule has 1 heterocycles. The molecular formula is C19H15ClF2N2O2S. The first kappa shape index (κ1) is 19.4. The fourth-order valence-electron chi connectivity index (χ4n) is 2.50. The molecule has 1 amide bonds. The van der Waals surface area contributed by atoms with E-state index in [0.29, 0.717) is 33.0 Å². The lowest BCUT2D eigenvalue weighted by atomic mass is 10.2. The maximum atomic E-state index is 13.9. The van der Waals surface area contributed by atoms with E-state index >= 15 is 0 Å². The van der Waals surface area contributed by atoms with E-state index in [1.54, 1.807) is 31.2 Å². The molecule has 0 N–H and O–H groups in total. The van der Waals surface area contributed by atoms with E-state index in [1.807, 2.05) is 0 Å². The second-order valence-electron chi connectivity index (χ2n) is 5.54. The zero-order chi connectivity index (χ0) is 19.6. The molecule has 140 valence electrons. The second-order valence-corrected chi connectivity index (χ2v) is 6.98. The van der Waals surface area contributed by atoms with Crippen LogP contribution in [0.3, 0.4) is 0 Å². The van der Waals surface area contributed by atoms with Crippen molar-refractivity contribution in [3.05, 3.63) is 63.5 Å². The van der Waals surface area contributed by atoms with Crippen LogP contribution in [0.4, 0.5) is 14.5 Å². The fourth-order valence-corrected chi connectivity index (χ4v) is 3.73. The van der Waals surface area contributed by atoms with Gasteiger partial charge in [0.1, 0.15) is 17.3 Å². The van der Waals surface area contributed by atoms with Crippen molar-refractivity contribution in [3.63, 3.8) is 0 Å². The Morgan fingerprint density at radius 3 is 2.70 bits per heavy atom. The molecule has 0 aliphatic carbocycles. The second kappa shape index (κ2) is 8.10. The van der Waals surface area contributed by atoms with E-state index in [4.69, 9.17) is 16.3 Å². The molecule has 2 aromatic rings. The van der Waals surface area contributed by atoms with Gasteiger partial charge < -0.3 is 4.74 Å². The molecule has 2 aromatic carbocycles. The molecule has 0 radical (unpaired) electrons. The maximum absolute atomic E-state index is 13.9. The SMILES string of the molecule is CCN1C(=O)/C(=C\c2cc(Cl)ccc2OC)SC1=Nc1ccc(F)cc1F. The van der Waals surface area contributed by atoms with Gasteiger partial charge in [0.15, 0.2) is 11.0 Å². The van der Waals surface area contributed by atoms with Crippen LogP contribution in [0.1, 0.15) is 12.5 Å². The largest absolute Gasteiger partial charge is 0.496 e. The van der Waals surface area contributed by atoms with Crippen LogP contribution in [-0.4, -0.2) is 29.6 Å². The van der Waals surface area contributed by atoms with Crippen LogP contribution in [-0.2, 0) is 4.79 Å². The number of aliphatic imine (C=N–C) groups is 1. The van der Waals surface area contributed by atoms with E-state index < -0.39 is 11.6 Å². The molecule has 1 fully saturated rings. The molecule has 0 spiro atoms. The molecule has 8 heteroatoms. The lowest BCUT2D eigenvalue weighted by Gasteiger charge is -2.12. The van der Waals surface area contributed by atoms with Crippen LogP contribution >= 0.6 is 23.4 Å². The molecular weight excluding hydrogens is 394 g/mol. The number of hydrogen-bond donors (Lipinski definition) is 0. The molecule has 27 heavy (non-hydrogen) atoms. The number of methoxy groups -OCH3 is 1. The summed E-state index contributed by atoms with van der Waals surface area (Å²) in [5, 5.41) is 0.827. The van der Waals surface area contributed by atoms with Crippen LogP contribution < -0.4 is 4.74 Å². The molecule has 1 aliphatic rings. The number of carbonyl (C=O) groups is 1. The number of rotatable bonds is 4. The van der Waals surface area contributed by atoms with Gasteiger partial charge in [-0.05, 0) is 55.1 Å². The first-order valence-electron chi connectivity index (χ1n) is 8.01. The molecule has 0 saturated carbocycles. The third-order valence-electron chi connectivity index (χ3n) is 3.81. The topological polar surface area (TPSA) is 41.9 Å². The Balaban J connectivity index is 2.00. The van der Waals surface area contributed by atoms with Gasteiger partial charge in [-0.2, -0.15) is 0 Å². The summed E-state index contributed by atoms with van der Waals surface area (Å²) < 4.78 is 32.3. The Bertz CT molecular complexity index is 963. The third kappa shape index (κ3) is 4.14. The summed E-state index contributed by atoms with van der Waals surface area (Å²) in [6.45, 7) is 2.15. The number of hydrogen-bond acceptors (Lipinski definition) is 4. The van der Waals surface area contributed by atoms with Crippen molar-refractivity contribution < 1.29 is 18.3 Å². The average Bonchev–Trinajstić information content (AvgIpc) is 2.92. The molecule has 0 atom stereocenters. The Morgan fingerprint density at radius 2 is 2.04 bits per heavy atom. The summed E-state index contributed by atoms with van der Waals surface area (Å²) in [5.41, 5.74) is 0.609. The van der Waals surface area contributed by atoms with Gasteiger partial charge in [-0.15, -0.1) is 0 Å². The summed E-state index contributed by atoms with van der Waals surface area (Å²) in [5.74, 6) is -1.17. The van der Waals surface area contributed by atoms with E-state index in [0.717, 1.165) is 23.9 Å². The Hall–Kier alpha value is -2.38. The van der Waals surface area contributed by atoms with Crippen LogP contribution in [0.2, 0.25) is 5.02 Å². The number of halogens is 3. The summed E-state index contributed by atoms with van der Waals surface area (Å²) >= 11 is 7.14. The minimum absolute atomic E-state index is 0.0354. The van der Waals surface area contributed by atoms with Gasteiger partial charge in [0.25, 0.3) is 5.91 Å². The van der Waals surface area contributed by atoms with Crippen molar-refractivity contribution >= 4 is 46.2 Å². The van der Waals surface area contributed by atoms with Gasteiger partial charge in [0, 0.05) is 23.2 Å². The predicted molar refractivity (Wildman–Crippen MR) is 104 cm³/mol. The molecule has 0 bridgehead atoms. The summed E-state index contributed by atoms with van der Waals surface area (Å²) in [7, 11) is 1.53. The van der Waals surface area contributed by atoms with E-state index in [-0.39, 0.29) is 11.6 Å². The highest BCUT2D eigenvalue weighted by molar-refractivity contribution is 8.18. The fraction of sp³-hybridized carbons (Fsp3) is 0.158. The van der Waals surface area contributed by atoms with Crippen molar-refractivity contribution in [2.75, 3.05) is 13.7 Å². The van der Waals surface area contributed by atoms with Crippen molar-refractivity contribution in [2.45, 2.75) is 6.92 Å². The zero-order valence-electron chi connectivity index (χ0n) is 14.5. The number of nitrogens with zero attached hydrogens (tertiary/aromatic N) is 2. The number of likely N-dealkylation sites (N-methyl/N-ethyl adjacent to an activating group) is 1. The Kier molecular flexibility index (Phi) is 5.82. The lowest BCUT2D eigenvalue weighted by molar-refractivity contribution is -0.122. The van der Waals surface area contributed by atoms with Crippen molar-refractivity contribution in [1.29, 1.82) is 0 Å². The number of amidine groups is 1. The first-order chi connectivity index (χ1) is 12.9. The highest BCUT2D eigenvalue weighted by Crippen LogP contribution is 2.36. The number of benzene rings is 2. The van der Waals surface area contributed by atoms with E-state index in [9.17, 15) is 13.6 Å². The molecule has 0 unspecified atom stereocenters. The molecule has 3 rings (SSSR count). The minimum Gasteiger partial charge on any atom is -0.496 e. The predicted octanol–water partition coefficient (Wildman–Crippen LogP) is 5.25. The van der Waals surface area contributed by atoms with Gasteiger partial charge >= 0.3 is 0 Å². The Labute approximate surface area is 164 Å². The monoisotopic (exact) mass is 408 g/mol. The summed E-state index contributed by atoms with van der Waals surface area (Å²) in [4.78, 5) is 18.7. The summed E-state index contributed by atoms with van der Waals surface area (Å²) in [6.07, 6.45) is 1.66. The highest BCUT2D eigenvalue weighted by Gasteiger charge is 2.32. The Morgan fingerprint density at radius 1 is 1.26 bits per heavy atom. The smallest absolute Gasteiger partial charge is 0.266 e. The molecule has 0 aromatic heterocycles. The van der Waals surface area contributed by atoms with Gasteiger partial charge in [-0.1, -0.05) is 11.6 Å². The highest BCUT2D eigenvalue weighted by atomic mass is 35.5. The molecule has 4 nitrogen and oxygen atoms in total. The van der Waals surface area contributed by atoms with Crippen molar-refractivity contribution in [3.8, 4) is 5.75 Å². The van der Waals surface area contributed by atoms with Gasteiger partial charge in [-0.25, -0.2) is 13.8 Å². The average molecular weight is 409 g/mol. The van der Waals surface area contributed by atoms with Gasteiger partial charge in [-0.3, -0.25) is 9.69 Å². The lowest BCUT2D eigenvalue weighted by Crippen LogP contribution is -2.28. The molecule has 1 saturated heterocycles. The zero-order valence-corrected chi connectivity index (χ0v) is 16.1. The van der Waals surface area contributed by atoms with Gasteiger partial charge in [0.2, 0.25) is 0 Å².